The molecule has 2 nitrogen and oxygen atoms in total. The first-order valence-corrected chi connectivity index (χ1v) is 4.29. The zero-order valence-corrected chi connectivity index (χ0v) is 7.96. The minimum Gasteiger partial charge on any atom is -0.339 e. The second-order valence-corrected chi connectivity index (χ2v) is 3.10. The highest BCUT2D eigenvalue weighted by Crippen LogP contribution is 2.09. The quantitative estimate of drug-likeness (QED) is 0.654. The minimum atomic E-state index is 0.0636. The molecular weight excluding hydrogens is 150 g/mol. The van der Waals surface area contributed by atoms with Crippen LogP contribution in [0.3, 0.4) is 0 Å². The molecule has 0 saturated heterocycles. The van der Waals surface area contributed by atoms with Crippen molar-refractivity contribution < 1.29 is 9.67 Å². The third-order valence-electron chi connectivity index (χ3n) is 2.30. The van der Waals surface area contributed by atoms with Gasteiger partial charge in [0.05, 0.1) is 0 Å². The van der Waals surface area contributed by atoms with E-state index in [1.54, 1.807) is 4.57 Å². The largest absolute Gasteiger partial charge is 0.339 e. The van der Waals surface area contributed by atoms with Crippen LogP contribution in [0, 0.1) is 13.8 Å². The van der Waals surface area contributed by atoms with Crippen LogP contribution in [0.25, 0.3) is 0 Å². The Morgan fingerprint density at radius 3 is 2.50 bits per heavy atom. The van der Waals surface area contributed by atoms with Gasteiger partial charge in [-0.3, -0.25) is 0 Å². The second kappa shape index (κ2) is 3.68. The van der Waals surface area contributed by atoms with Gasteiger partial charge in [0, 0.05) is 11.1 Å². The van der Waals surface area contributed by atoms with Crippen molar-refractivity contribution >= 4 is 0 Å². The van der Waals surface area contributed by atoms with Gasteiger partial charge in [-0.05, 0) is 25.8 Å². The number of rotatable bonds is 2. The fraction of sp³-hybridized carbons (Fsp3) is 0.500. The molecule has 1 heterocycles. The lowest BCUT2D eigenvalue weighted by molar-refractivity contribution is -0.730. The number of aliphatic hydroxyl groups is 1. The average Bonchev–Trinajstić information content (AvgIpc) is 2.09. The molecule has 0 unspecified atom stereocenters. The number of nitrogens with zero attached hydrogens (tertiary/aromatic N) is 1. The summed E-state index contributed by atoms with van der Waals surface area (Å²) in [5.74, 6) is 0. The summed E-state index contributed by atoms with van der Waals surface area (Å²) in [4.78, 5) is 0. The molecule has 66 valence electrons. The third kappa shape index (κ3) is 1.64. The molecule has 0 aliphatic carbocycles. The summed E-state index contributed by atoms with van der Waals surface area (Å²) in [6, 6.07) is 0. The van der Waals surface area contributed by atoms with Gasteiger partial charge in [0.15, 0.2) is 12.4 Å². The third-order valence-corrected chi connectivity index (χ3v) is 2.30. The molecule has 0 atom stereocenters. The Balaban J connectivity index is 3.19. The molecule has 0 bridgehead atoms. The van der Waals surface area contributed by atoms with Gasteiger partial charge in [-0.15, -0.1) is 0 Å². The van der Waals surface area contributed by atoms with Crippen LogP contribution in [0.5, 0.6) is 0 Å². The Bertz CT molecular complexity index is 281. The predicted molar refractivity (Wildman–Crippen MR) is 47.7 cm³/mol. The minimum absolute atomic E-state index is 0.0636. The van der Waals surface area contributed by atoms with Gasteiger partial charge in [0.1, 0.15) is 0 Å². The second-order valence-electron chi connectivity index (χ2n) is 3.10. The van der Waals surface area contributed by atoms with Gasteiger partial charge in [0.2, 0.25) is 6.73 Å². The van der Waals surface area contributed by atoms with E-state index in [0.29, 0.717) is 0 Å². The maximum Gasteiger partial charge on any atom is 0.250 e. The molecule has 2 heteroatoms. The van der Waals surface area contributed by atoms with Gasteiger partial charge in [0.25, 0.3) is 0 Å². The lowest BCUT2D eigenvalue weighted by Crippen LogP contribution is -2.34. The molecule has 0 aromatic carbocycles. The predicted octanol–water partition coefficient (Wildman–Crippen LogP) is 1.10. The standard InChI is InChI=1S/C10H16NO/c1-4-10-6-11(7-12)5-8(2)9(10)3/h5-6,12H,4,7H2,1-3H3/q+1. The first-order valence-electron chi connectivity index (χ1n) is 4.29. The van der Waals surface area contributed by atoms with Crippen molar-refractivity contribution in [1.29, 1.82) is 0 Å². The molecule has 1 aromatic heterocycles. The first-order chi connectivity index (χ1) is 5.69. The van der Waals surface area contributed by atoms with E-state index in [0.717, 1.165) is 6.42 Å². The van der Waals surface area contributed by atoms with E-state index in [9.17, 15) is 0 Å². The molecular formula is C10H16NO+. The maximum absolute atomic E-state index is 8.94. The van der Waals surface area contributed by atoms with E-state index in [4.69, 9.17) is 5.11 Å². The Kier molecular flexibility index (Phi) is 2.82. The average molecular weight is 166 g/mol. The smallest absolute Gasteiger partial charge is 0.250 e. The molecule has 1 aromatic rings. The zero-order valence-electron chi connectivity index (χ0n) is 7.96. The van der Waals surface area contributed by atoms with Crippen LogP contribution in [-0.2, 0) is 13.2 Å². The maximum atomic E-state index is 8.94. The van der Waals surface area contributed by atoms with Crippen LogP contribution in [-0.4, -0.2) is 5.11 Å². The molecule has 0 amide bonds. The Morgan fingerprint density at radius 2 is 2.00 bits per heavy atom. The van der Waals surface area contributed by atoms with Crippen LogP contribution in [0.4, 0.5) is 0 Å². The number of aromatic nitrogens is 1. The molecule has 0 saturated carbocycles. The van der Waals surface area contributed by atoms with E-state index in [1.807, 2.05) is 12.4 Å². The number of hydrogen-bond donors (Lipinski definition) is 1. The van der Waals surface area contributed by atoms with Gasteiger partial charge >= 0.3 is 0 Å². The molecule has 1 rings (SSSR count). The first kappa shape index (κ1) is 9.20. The van der Waals surface area contributed by atoms with Crippen LogP contribution >= 0.6 is 0 Å². The summed E-state index contributed by atoms with van der Waals surface area (Å²) in [6.45, 7) is 6.38. The van der Waals surface area contributed by atoms with E-state index in [2.05, 4.69) is 20.8 Å². The van der Waals surface area contributed by atoms with Crippen molar-refractivity contribution in [3.8, 4) is 0 Å². The summed E-state index contributed by atoms with van der Waals surface area (Å²) in [5, 5.41) is 8.94. The van der Waals surface area contributed by atoms with E-state index in [-0.39, 0.29) is 6.73 Å². The fourth-order valence-corrected chi connectivity index (χ4v) is 1.37. The zero-order chi connectivity index (χ0) is 9.14. The SMILES string of the molecule is CCc1c[n+](CO)cc(C)c1C. The Labute approximate surface area is 73.5 Å². The fourth-order valence-electron chi connectivity index (χ4n) is 1.37. The molecule has 1 N–H and O–H groups in total. The van der Waals surface area contributed by atoms with Crippen molar-refractivity contribution in [3.63, 3.8) is 0 Å². The van der Waals surface area contributed by atoms with E-state index >= 15 is 0 Å². The molecule has 0 radical (unpaired) electrons. The van der Waals surface area contributed by atoms with Crippen LogP contribution in [0.1, 0.15) is 23.6 Å². The highest BCUT2D eigenvalue weighted by Gasteiger charge is 2.07. The van der Waals surface area contributed by atoms with Crippen LogP contribution in [0.15, 0.2) is 12.4 Å². The molecule has 0 aliphatic rings. The Hall–Kier alpha value is -0.890. The molecule has 0 fully saturated rings. The van der Waals surface area contributed by atoms with Crippen LogP contribution < -0.4 is 4.57 Å². The van der Waals surface area contributed by atoms with E-state index in [1.165, 1.54) is 16.7 Å². The van der Waals surface area contributed by atoms with Crippen molar-refractivity contribution in [2.75, 3.05) is 0 Å². The number of pyridine rings is 1. The monoisotopic (exact) mass is 166 g/mol. The normalized spacial score (nSPS) is 10.3. The lowest BCUT2D eigenvalue weighted by atomic mass is 10.1. The topological polar surface area (TPSA) is 24.1 Å². The highest BCUT2D eigenvalue weighted by molar-refractivity contribution is 5.26. The summed E-state index contributed by atoms with van der Waals surface area (Å²) in [6.07, 6.45) is 4.99. The van der Waals surface area contributed by atoms with Crippen molar-refractivity contribution in [2.24, 2.45) is 0 Å². The van der Waals surface area contributed by atoms with Gasteiger partial charge < -0.3 is 5.11 Å². The highest BCUT2D eigenvalue weighted by atomic mass is 16.3. The van der Waals surface area contributed by atoms with Crippen molar-refractivity contribution in [1.82, 2.24) is 0 Å². The van der Waals surface area contributed by atoms with Crippen LogP contribution in [0.2, 0.25) is 0 Å². The van der Waals surface area contributed by atoms with Crippen molar-refractivity contribution in [3.05, 3.63) is 29.1 Å². The molecule has 0 spiro atoms. The summed E-state index contributed by atoms with van der Waals surface area (Å²) in [5.41, 5.74) is 3.88. The summed E-state index contributed by atoms with van der Waals surface area (Å²) < 4.78 is 1.81. The lowest BCUT2D eigenvalue weighted by Gasteiger charge is -2.03. The van der Waals surface area contributed by atoms with Gasteiger partial charge in [-0.1, -0.05) is 6.92 Å². The number of aliphatic hydroxyl groups excluding tert-OH is 1. The number of hydrogen-bond acceptors (Lipinski definition) is 1. The van der Waals surface area contributed by atoms with E-state index < -0.39 is 0 Å². The summed E-state index contributed by atoms with van der Waals surface area (Å²) in [7, 11) is 0. The van der Waals surface area contributed by atoms with Gasteiger partial charge in [-0.25, -0.2) is 0 Å². The molecule has 12 heavy (non-hydrogen) atoms. The van der Waals surface area contributed by atoms with Gasteiger partial charge in [-0.2, -0.15) is 4.57 Å². The molecule has 0 aliphatic heterocycles. The number of aryl methyl sites for hydroxylation is 2. The Morgan fingerprint density at radius 1 is 1.33 bits per heavy atom. The van der Waals surface area contributed by atoms with Crippen molar-refractivity contribution in [2.45, 2.75) is 33.9 Å². The summed E-state index contributed by atoms with van der Waals surface area (Å²) >= 11 is 0.